The monoisotopic (exact) mass is 292 g/mol. The molecule has 1 aromatic rings. The Morgan fingerprint density at radius 2 is 2.00 bits per heavy atom. The number of hydrogen-bond acceptors (Lipinski definition) is 3. The van der Waals surface area contributed by atoms with E-state index >= 15 is 0 Å². The Morgan fingerprint density at radius 3 is 2.62 bits per heavy atom. The Hall–Kier alpha value is -1.39. The molecule has 118 valence electrons. The maximum atomic E-state index is 12.1. The highest BCUT2D eigenvalue weighted by atomic mass is 16.5. The van der Waals surface area contributed by atoms with E-state index in [0.29, 0.717) is 19.6 Å². The Morgan fingerprint density at radius 1 is 1.33 bits per heavy atom. The van der Waals surface area contributed by atoms with Gasteiger partial charge in [-0.25, -0.2) is 0 Å². The zero-order valence-corrected chi connectivity index (χ0v) is 13.6. The molecule has 0 heterocycles. The number of anilines is 1. The lowest BCUT2D eigenvalue weighted by Gasteiger charge is -2.22. The van der Waals surface area contributed by atoms with Crippen LogP contribution in [-0.2, 0) is 16.1 Å². The van der Waals surface area contributed by atoms with Crippen LogP contribution in [0.5, 0.6) is 0 Å². The molecule has 3 N–H and O–H groups in total. The van der Waals surface area contributed by atoms with Crippen molar-refractivity contribution in [3.05, 3.63) is 29.8 Å². The van der Waals surface area contributed by atoms with E-state index in [0.717, 1.165) is 17.7 Å². The van der Waals surface area contributed by atoms with Gasteiger partial charge < -0.3 is 15.8 Å². The molecule has 0 fully saturated rings. The molecule has 0 saturated carbocycles. The molecule has 0 aromatic heterocycles. The van der Waals surface area contributed by atoms with Gasteiger partial charge in [-0.3, -0.25) is 4.79 Å². The predicted molar refractivity (Wildman–Crippen MR) is 87.1 cm³/mol. The number of nitrogens with two attached hydrogens (primary N) is 1. The lowest BCUT2D eigenvalue weighted by atomic mass is 9.87. The van der Waals surface area contributed by atoms with E-state index in [1.165, 1.54) is 0 Å². The van der Waals surface area contributed by atoms with E-state index in [9.17, 15) is 4.79 Å². The molecule has 1 aromatic carbocycles. The van der Waals surface area contributed by atoms with Crippen LogP contribution in [0.15, 0.2) is 24.3 Å². The first-order valence-electron chi connectivity index (χ1n) is 7.53. The van der Waals surface area contributed by atoms with Gasteiger partial charge in [0.15, 0.2) is 0 Å². The van der Waals surface area contributed by atoms with E-state index in [4.69, 9.17) is 10.5 Å². The Balaban J connectivity index is 2.58. The van der Waals surface area contributed by atoms with Gasteiger partial charge in [0.2, 0.25) is 5.91 Å². The highest BCUT2D eigenvalue weighted by Gasteiger charge is 2.18. The molecule has 1 unspecified atom stereocenters. The van der Waals surface area contributed by atoms with E-state index in [-0.39, 0.29) is 17.4 Å². The van der Waals surface area contributed by atoms with Crippen LogP contribution in [-0.4, -0.2) is 18.6 Å². The van der Waals surface area contributed by atoms with Crippen molar-refractivity contribution in [2.45, 2.75) is 53.2 Å². The molecule has 0 aliphatic rings. The van der Waals surface area contributed by atoms with Crippen molar-refractivity contribution in [2.75, 3.05) is 11.9 Å². The van der Waals surface area contributed by atoms with Gasteiger partial charge in [-0.2, -0.15) is 0 Å². The molecule has 0 bridgehead atoms. The lowest BCUT2D eigenvalue weighted by Crippen LogP contribution is -2.31. The summed E-state index contributed by atoms with van der Waals surface area (Å²) in [5.41, 5.74) is 7.97. The van der Waals surface area contributed by atoms with Crippen molar-refractivity contribution in [1.29, 1.82) is 0 Å². The van der Waals surface area contributed by atoms with Crippen molar-refractivity contribution in [2.24, 2.45) is 11.1 Å². The van der Waals surface area contributed by atoms with E-state index < -0.39 is 0 Å². The summed E-state index contributed by atoms with van der Waals surface area (Å²) in [6.45, 7) is 9.49. The summed E-state index contributed by atoms with van der Waals surface area (Å²) in [4.78, 5) is 12.1. The number of hydrogen-bond donors (Lipinski definition) is 2. The van der Waals surface area contributed by atoms with E-state index in [1.807, 2.05) is 31.2 Å². The van der Waals surface area contributed by atoms with Crippen LogP contribution in [0.3, 0.4) is 0 Å². The molecule has 4 heteroatoms. The second-order valence-corrected chi connectivity index (χ2v) is 6.57. The molecule has 0 radical (unpaired) electrons. The number of rotatable bonds is 7. The molecule has 1 atom stereocenters. The van der Waals surface area contributed by atoms with Gasteiger partial charge in [-0.1, -0.05) is 39.0 Å². The fraction of sp³-hybridized carbons (Fsp3) is 0.588. The first-order chi connectivity index (χ1) is 9.81. The third kappa shape index (κ3) is 7.25. The first kappa shape index (κ1) is 17.7. The average molecular weight is 292 g/mol. The molecule has 0 aliphatic carbocycles. The van der Waals surface area contributed by atoms with E-state index in [1.54, 1.807) is 0 Å². The minimum Gasteiger partial charge on any atom is -0.377 e. The molecular formula is C17H28N2O2. The number of carbonyl (C=O) groups is 1. The number of carbonyl (C=O) groups excluding carboxylic acids is 1. The standard InChI is InChI=1S/C17H28N2O2/c1-5-21-12-13-8-6-7-9-15(13)19-16(20)10-14(18)11-17(2,3)4/h6-9,14H,5,10-12,18H2,1-4H3,(H,19,20). The van der Waals surface area contributed by atoms with Gasteiger partial charge in [0.05, 0.1) is 6.61 Å². The zero-order chi connectivity index (χ0) is 15.9. The summed E-state index contributed by atoms with van der Waals surface area (Å²) >= 11 is 0. The van der Waals surface area contributed by atoms with Crippen LogP contribution in [0.1, 0.15) is 46.1 Å². The van der Waals surface area contributed by atoms with Gasteiger partial charge >= 0.3 is 0 Å². The molecule has 1 rings (SSSR count). The average Bonchev–Trinajstić information content (AvgIpc) is 2.35. The fourth-order valence-corrected chi connectivity index (χ4v) is 2.28. The number of amides is 1. The molecule has 4 nitrogen and oxygen atoms in total. The summed E-state index contributed by atoms with van der Waals surface area (Å²) in [6.07, 6.45) is 1.15. The third-order valence-electron chi connectivity index (χ3n) is 3.08. The van der Waals surface area contributed by atoms with Crippen molar-refractivity contribution in [3.63, 3.8) is 0 Å². The van der Waals surface area contributed by atoms with Crippen LogP contribution in [0, 0.1) is 5.41 Å². The first-order valence-corrected chi connectivity index (χ1v) is 7.53. The minimum atomic E-state index is -0.121. The van der Waals surface area contributed by atoms with Crippen molar-refractivity contribution in [1.82, 2.24) is 0 Å². The molecule has 21 heavy (non-hydrogen) atoms. The number of ether oxygens (including phenoxy) is 1. The van der Waals surface area contributed by atoms with Gasteiger partial charge in [0.1, 0.15) is 0 Å². The topological polar surface area (TPSA) is 64.3 Å². The Bertz CT molecular complexity index is 452. The molecule has 0 saturated heterocycles. The van der Waals surface area contributed by atoms with E-state index in [2.05, 4.69) is 26.1 Å². The lowest BCUT2D eigenvalue weighted by molar-refractivity contribution is -0.116. The van der Waals surface area contributed by atoms with Crippen molar-refractivity contribution in [3.8, 4) is 0 Å². The highest BCUT2D eigenvalue weighted by molar-refractivity contribution is 5.91. The largest absolute Gasteiger partial charge is 0.377 e. The molecule has 0 spiro atoms. The Kier molecular flexibility index (Phi) is 6.85. The number of benzene rings is 1. The van der Waals surface area contributed by atoms with Gasteiger partial charge in [0.25, 0.3) is 0 Å². The second-order valence-electron chi connectivity index (χ2n) is 6.57. The maximum Gasteiger partial charge on any atom is 0.225 e. The minimum absolute atomic E-state index is 0.0456. The van der Waals surface area contributed by atoms with Crippen LogP contribution >= 0.6 is 0 Å². The number of nitrogens with one attached hydrogen (secondary N) is 1. The van der Waals surface area contributed by atoms with Gasteiger partial charge in [0, 0.05) is 30.3 Å². The van der Waals surface area contributed by atoms with Crippen molar-refractivity contribution >= 4 is 11.6 Å². The second kappa shape index (κ2) is 8.15. The van der Waals surface area contributed by atoms with Crippen LogP contribution < -0.4 is 11.1 Å². The fourth-order valence-electron chi connectivity index (χ4n) is 2.28. The van der Waals surface area contributed by atoms with Gasteiger partial charge in [-0.15, -0.1) is 0 Å². The molecule has 0 aliphatic heterocycles. The zero-order valence-electron chi connectivity index (χ0n) is 13.6. The number of para-hydroxylation sites is 1. The third-order valence-corrected chi connectivity index (χ3v) is 3.08. The summed E-state index contributed by atoms with van der Waals surface area (Å²) in [7, 11) is 0. The molecule has 1 amide bonds. The summed E-state index contributed by atoms with van der Waals surface area (Å²) in [5.74, 6) is -0.0456. The quantitative estimate of drug-likeness (QED) is 0.810. The van der Waals surface area contributed by atoms with Crippen LogP contribution in [0.25, 0.3) is 0 Å². The SMILES string of the molecule is CCOCc1ccccc1NC(=O)CC(N)CC(C)(C)C. The van der Waals surface area contributed by atoms with Gasteiger partial charge in [-0.05, 0) is 24.8 Å². The van der Waals surface area contributed by atoms with Crippen LogP contribution in [0.4, 0.5) is 5.69 Å². The smallest absolute Gasteiger partial charge is 0.225 e. The predicted octanol–water partition coefficient (Wildman–Crippen LogP) is 3.32. The normalized spacial score (nSPS) is 13.0. The summed E-state index contributed by atoms with van der Waals surface area (Å²) in [5, 5.41) is 2.94. The maximum absolute atomic E-state index is 12.1. The molecular weight excluding hydrogens is 264 g/mol. The van der Waals surface area contributed by atoms with Crippen molar-refractivity contribution < 1.29 is 9.53 Å². The highest BCUT2D eigenvalue weighted by Crippen LogP contribution is 2.22. The van der Waals surface area contributed by atoms with Crippen LogP contribution in [0.2, 0.25) is 0 Å². The summed E-state index contributed by atoms with van der Waals surface area (Å²) in [6, 6.07) is 7.57. The Labute approximate surface area is 128 Å². The summed E-state index contributed by atoms with van der Waals surface area (Å²) < 4.78 is 5.41.